The van der Waals surface area contributed by atoms with Crippen molar-refractivity contribution in [2.45, 2.75) is 0 Å². The van der Waals surface area contributed by atoms with Gasteiger partial charge < -0.3 is 0 Å². The predicted molar refractivity (Wildman–Crippen MR) is 112 cm³/mol. The molecule has 0 spiro atoms. The Morgan fingerprint density at radius 3 is 1.48 bits per heavy atom. The zero-order valence-corrected chi connectivity index (χ0v) is 15.4. The Morgan fingerprint density at radius 1 is 0.480 bits per heavy atom. The van der Waals surface area contributed by atoms with E-state index in [9.17, 15) is 0 Å². The standard InChI is InChI=1S/C22H10S3/c1-3-7-13-11(5-1)9-15-17(13)19-21(23-15)22-20(25-19)18-14-8-4-2-6-12(14)10-16(18)24-22/h1-10H. The Kier molecular flexibility index (Phi) is 2.25. The van der Waals surface area contributed by atoms with E-state index in [4.69, 9.17) is 0 Å². The van der Waals surface area contributed by atoms with Crippen LogP contribution in [0.2, 0.25) is 0 Å². The molecule has 25 heavy (non-hydrogen) atoms. The lowest BCUT2D eigenvalue weighted by molar-refractivity contribution is 1.68. The first-order valence-electron chi connectivity index (χ1n) is 8.28. The van der Waals surface area contributed by atoms with Crippen molar-refractivity contribution in [3.05, 3.63) is 68.7 Å². The first-order valence-corrected chi connectivity index (χ1v) is 10.7. The fourth-order valence-electron chi connectivity index (χ4n) is 4.16. The van der Waals surface area contributed by atoms with Crippen molar-refractivity contribution in [1.29, 1.82) is 0 Å². The summed E-state index contributed by atoms with van der Waals surface area (Å²) in [5.74, 6) is 0. The van der Waals surface area contributed by atoms with Crippen LogP contribution < -0.4 is 9.06 Å². The summed E-state index contributed by atoms with van der Waals surface area (Å²) in [6.07, 6.45) is 4.72. The Morgan fingerprint density at radius 2 is 0.960 bits per heavy atom. The third kappa shape index (κ3) is 1.49. The van der Waals surface area contributed by atoms with E-state index < -0.39 is 0 Å². The van der Waals surface area contributed by atoms with Gasteiger partial charge in [0.2, 0.25) is 0 Å². The highest BCUT2D eigenvalue weighted by atomic mass is 32.1. The zero-order valence-electron chi connectivity index (χ0n) is 13.0. The van der Waals surface area contributed by atoms with Crippen LogP contribution in [-0.2, 0) is 0 Å². The number of rotatable bonds is 0. The summed E-state index contributed by atoms with van der Waals surface area (Å²) in [6.45, 7) is 0. The quantitative estimate of drug-likeness (QED) is 0.317. The molecular formula is C22H10S3. The van der Waals surface area contributed by atoms with E-state index >= 15 is 0 Å². The first-order chi connectivity index (χ1) is 12.4. The lowest BCUT2D eigenvalue weighted by Gasteiger charge is -1.99. The Hall–Kier alpha value is -2.20. The van der Waals surface area contributed by atoms with E-state index in [1.807, 2.05) is 34.0 Å². The van der Waals surface area contributed by atoms with E-state index in [1.165, 1.54) is 61.2 Å². The smallest absolute Gasteiger partial charge is 0.0642 e. The maximum Gasteiger partial charge on any atom is 0.0642 e. The minimum atomic E-state index is 1.37. The fourth-order valence-corrected chi connectivity index (χ4v) is 8.62. The molecule has 3 heterocycles. The van der Waals surface area contributed by atoms with Gasteiger partial charge in [-0.25, -0.2) is 0 Å². The van der Waals surface area contributed by atoms with E-state index in [0.29, 0.717) is 0 Å². The van der Waals surface area contributed by atoms with Gasteiger partial charge in [0.1, 0.15) is 0 Å². The van der Waals surface area contributed by atoms with E-state index in [-0.39, 0.29) is 0 Å². The molecule has 2 aromatic carbocycles. The number of benzene rings is 2. The van der Waals surface area contributed by atoms with Gasteiger partial charge in [-0.2, -0.15) is 0 Å². The van der Waals surface area contributed by atoms with Gasteiger partial charge in [-0.3, -0.25) is 0 Å². The third-order valence-corrected chi connectivity index (χ3v) is 9.15. The van der Waals surface area contributed by atoms with Crippen LogP contribution in [-0.4, -0.2) is 0 Å². The SMILES string of the molecule is C1=c2sc3c(sc4c5c(sc43)=Cc3ccccc3-5)c2-c2ccccc21. The lowest BCUT2D eigenvalue weighted by atomic mass is 10.1. The van der Waals surface area contributed by atoms with Gasteiger partial charge in [0.05, 0.1) is 18.8 Å². The van der Waals surface area contributed by atoms with Gasteiger partial charge in [0.15, 0.2) is 0 Å². The molecule has 116 valence electrons. The summed E-state index contributed by atoms with van der Waals surface area (Å²) in [7, 11) is 0. The van der Waals surface area contributed by atoms with Gasteiger partial charge in [-0.05, 0) is 34.4 Å². The van der Waals surface area contributed by atoms with Crippen LogP contribution in [0.3, 0.4) is 0 Å². The van der Waals surface area contributed by atoms with Crippen molar-refractivity contribution in [3.8, 4) is 22.3 Å². The van der Waals surface area contributed by atoms with Crippen LogP contribution in [0.15, 0.2) is 48.5 Å². The number of thiophene rings is 3. The molecule has 2 aliphatic rings. The highest BCUT2D eigenvalue weighted by Gasteiger charge is 2.25. The normalized spacial score (nSPS) is 13.4. The molecule has 0 radical (unpaired) electrons. The first kappa shape index (κ1) is 13.1. The Labute approximate surface area is 155 Å². The number of hydrogen-bond donors (Lipinski definition) is 0. The molecule has 0 nitrogen and oxygen atoms in total. The maximum absolute atomic E-state index is 2.36. The van der Waals surface area contributed by atoms with Gasteiger partial charge in [-0.15, -0.1) is 34.0 Å². The molecule has 5 aromatic rings. The Bertz CT molecular complexity index is 1380. The maximum atomic E-state index is 2.36. The van der Waals surface area contributed by atoms with Crippen LogP contribution in [0.25, 0.3) is 53.2 Å². The monoisotopic (exact) mass is 370 g/mol. The molecule has 0 aliphatic heterocycles. The minimum absolute atomic E-state index is 1.37. The topological polar surface area (TPSA) is 0 Å². The highest BCUT2D eigenvalue weighted by molar-refractivity contribution is 7.38. The van der Waals surface area contributed by atoms with Crippen LogP contribution in [0, 0.1) is 0 Å². The second-order valence-corrected chi connectivity index (χ2v) is 9.69. The largest absolute Gasteiger partial charge is 0.133 e. The van der Waals surface area contributed by atoms with Gasteiger partial charge in [0.25, 0.3) is 0 Å². The molecule has 0 N–H and O–H groups in total. The molecule has 0 atom stereocenters. The summed E-state index contributed by atoms with van der Waals surface area (Å²) in [6, 6.07) is 17.6. The van der Waals surface area contributed by atoms with Crippen LogP contribution in [0.5, 0.6) is 0 Å². The molecule has 3 heteroatoms. The minimum Gasteiger partial charge on any atom is -0.133 e. The molecule has 2 aliphatic carbocycles. The molecule has 0 unspecified atom stereocenters. The molecule has 7 rings (SSSR count). The van der Waals surface area contributed by atoms with Gasteiger partial charge in [0, 0.05) is 20.2 Å². The number of fused-ring (bicyclic) bond motifs is 11. The molecule has 3 aromatic heterocycles. The summed E-state index contributed by atoms with van der Waals surface area (Å²) in [5, 5.41) is 0. The molecule has 0 bridgehead atoms. The zero-order chi connectivity index (χ0) is 16.1. The second-order valence-electron chi connectivity index (χ2n) is 6.56. The molecular weight excluding hydrogens is 360 g/mol. The Balaban J connectivity index is 1.63. The van der Waals surface area contributed by atoms with Crippen molar-refractivity contribution in [1.82, 2.24) is 0 Å². The average Bonchev–Trinajstić information content (AvgIpc) is 3.36. The second kappa shape index (κ2) is 4.31. The van der Waals surface area contributed by atoms with Gasteiger partial charge in [-0.1, -0.05) is 48.5 Å². The van der Waals surface area contributed by atoms with Crippen molar-refractivity contribution < 1.29 is 0 Å². The van der Waals surface area contributed by atoms with Gasteiger partial charge >= 0.3 is 0 Å². The van der Waals surface area contributed by atoms with Crippen molar-refractivity contribution in [3.63, 3.8) is 0 Å². The molecule has 0 amide bonds. The molecule has 0 saturated carbocycles. The van der Waals surface area contributed by atoms with Crippen molar-refractivity contribution in [2.24, 2.45) is 0 Å². The van der Waals surface area contributed by atoms with E-state index in [0.717, 1.165) is 0 Å². The lowest BCUT2D eigenvalue weighted by Crippen LogP contribution is -1.88. The predicted octanol–water partition coefficient (Wildman–Crippen LogP) is 5.80. The summed E-state index contributed by atoms with van der Waals surface area (Å²) < 4.78 is 8.80. The number of hydrogen-bond acceptors (Lipinski definition) is 3. The summed E-state index contributed by atoms with van der Waals surface area (Å²) in [4.78, 5) is 0. The molecule has 0 saturated heterocycles. The van der Waals surface area contributed by atoms with Crippen LogP contribution in [0.1, 0.15) is 11.1 Å². The molecule has 0 fully saturated rings. The van der Waals surface area contributed by atoms with Crippen LogP contribution in [0.4, 0.5) is 0 Å². The third-order valence-electron chi connectivity index (χ3n) is 5.23. The van der Waals surface area contributed by atoms with Crippen molar-refractivity contribution in [2.75, 3.05) is 0 Å². The van der Waals surface area contributed by atoms with Crippen LogP contribution >= 0.6 is 34.0 Å². The average molecular weight is 371 g/mol. The van der Waals surface area contributed by atoms with Crippen molar-refractivity contribution >= 4 is 65.0 Å². The van der Waals surface area contributed by atoms with E-state index in [2.05, 4.69) is 60.7 Å². The summed E-state index contributed by atoms with van der Waals surface area (Å²) in [5.41, 5.74) is 8.47. The van der Waals surface area contributed by atoms with E-state index in [1.54, 1.807) is 0 Å². The summed E-state index contributed by atoms with van der Waals surface area (Å²) >= 11 is 5.93. The highest BCUT2D eigenvalue weighted by Crippen LogP contribution is 2.49. The fraction of sp³-hybridized carbons (Fsp3) is 0.